The number of nitriles is 1. The number of aromatic nitrogens is 2. The number of nitrogens with one attached hydrogen (secondary N) is 2. The number of aliphatic hydroxyl groups excluding tert-OH is 1. The van der Waals surface area contributed by atoms with Gasteiger partial charge in [-0.05, 0) is 24.9 Å². The molecule has 7 nitrogen and oxygen atoms in total. The number of nitrogens with zero attached hydrogens (tertiary/aromatic N) is 3. The lowest BCUT2D eigenvalue weighted by molar-refractivity contribution is -0.126. The Labute approximate surface area is 139 Å². The van der Waals surface area contributed by atoms with Gasteiger partial charge in [-0.2, -0.15) is 5.26 Å². The normalized spacial score (nSPS) is 23.6. The van der Waals surface area contributed by atoms with Crippen LogP contribution in [0.4, 0.5) is 0 Å². The van der Waals surface area contributed by atoms with E-state index in [2.05, 4.69) is 33.6 Å². The van der Waals surface area contributed by atoms with E-state index in [0.29, 0.717) is 35.5 Å². The van der Waals surface area contributed by atoms with E-state index < -0.39 is 18.1 Å². The summed E-state index contributed by atoms with van der Waals surface area (Å²) in [6, 6.07) is 5.66. The molecule has 0 saturated carbocycles. The second kappa shape index (κ2) is 6.51. The third-order valence-electron chi connectivity index (χ3n) is 4.40. The van der Waals surface area contributed by atoms with Crippen LogP contribution in [0, 0.1) is 17.2 Å². The maximum atomic E-state index is 11.9. The van der Waals surface area contributed by atoms with Crippen LogP contribution in [-0.2, 0) is 10.3 Å². The molecule has 2 aromatic rings. The molecule has 1 aliphatic rings. The van der Waals surface area contributed by atoms with Gasteiger partial charge in [-0.3, -0.25) is 14.8 Å². The van der Waals surface area contributed by atoms with Crippen molar-refractivity contribution in [1.29, 1.82) is 5.26 Å². The molecule has 1 aromatic heterocycles. The Balaban J connectivity index is 2.20. The van der Waals surface area contributed by atoms with Gasteiger partial charge in [0.25, 0.3) is 0 Å². The average Bonchev–Trinajstić information content (AvgIpc) is 2.60. The Bertz CT molecular complexity index is 816. The van der Waals surface area contributed by atoms with Crippen molar-refractivity contribution in [1.82, 2.24) is 20.6 Å². The number of fused-ring (bicyclic) bond motifs is 1. The number of rotatable bonds is 3. The van der Waals surface area contributed by atoms with Crippen molar-refractivity contribution in [3.8, 4) is 6.07 Å². The molecule has 3 rings (SSSR count). The second-order valence-corrected chi connectivity index (χ2v) is 6.25. The molecule has 2 heterocycles. The fraction of sp³-hybridized carbons (Fsp3) is 0.412. The lowest BCUT2D eigenvalue weighted by Crippen LogP contribution is -2.57. The molecule has 1 aliphatic heterocycles. The largest absolute Gasteiger partial charge is 0.387 e. The van der Waals surface area contributed by atoms with Crippen molar-refractivity contribution in [3.05, 3.63) is 35.7 Å². The predicted octanol–water partition coefficient (Wildman–Crippen LogP) is 0.435. The van der Waals surface area contributed by atoms with Crippen molar-refractivity contribution in [2.24, 2.45) is 5.92 Å². The highest BCUT2D eigenvalue weighted by atomic mass is 16.3. The summed E-state index contributed by atoms with van der Waals surface area (Å²) in [4.78, 5) is 20.6. The van der Waals surface area contributed by atoms with Gasteiger partial charge in [0.1, 0.15) is 18.2 Å². The third-order valence-corrected chi connectivity index (χ3v) is 4.40. The Morgan fingerprint density at radius 3 is 2.88 bits per heavy atom. The molecular formula is C17H19N5O2. The standard InChI is InChI=1S/C17H19N5O2/c1-11-6-17(10-19-8-11,22-14(24)9-23)13-3-2-12(7-18)15-16(13)21-5-4-20-15/h2-5,11,19,23H,6,8-10H2,1H3,(H,22,24)/t11-,17-/m0/s1. The summed E-state index contributed by atoms with van der Waals surface area (Å²) in [6.07, 6.45) is 3.84. The highest BCUT2D eigenvalue weighted by molar-refractivity contribution is 5.86. The Morgan fingerprint density at radius 2 is 2.21 bits per heavy atom. The smallest absolute Gasteiger partial charge is 0.246 e. The number of amides is 1. The quantitative estimate of drug-likeness (QED) is 0.755. The van der Waals surface area contributed by atoms with Gasteiger partial charge in [-0.15, -0.1) is 0 Å². The first-order valence-electron chi connectivity index (χ1n) is 7.86. The molecule has 124 valence electrons. The number of hydrogen-bond acceptors (Lipinski definition) is 6. The summed E-state index contributed by atoms with van der Waals surface area (Å²) in [6.45, 7) is 2.91. The Morgan fingerprint density at radius 1 is 1.46 bits per heavy atom. The van der Waals surface area contributed by atoms with Crippen molar-refractivity contribution in [3.63, 3.8) is 0 Å². The third kappa shape index (κ3) is 2.82. The van der Waals surface area contributed by atoms with Crippen LogP contribution in [0.15, 0.2) is 24.5 Å². The maximum Gasteiger partial charge on any atom is 0.246 e. The van der Waals surface area contributed by atoms with Crippen LogP contribution in [0.1, 0.15) is 24.5 Å². The Kier molecular flexibility index (Phi) is 4.42. The topological polar surface area (TPSA) is 111 Å². The first-order valence-corrected chi connectivity index (χ1v) is 7.86. The van der Waals surface area contributed by atoms with E-state index >= 15 is 0 Å². The van der Waals surface area contributed by atoms with E-state index in [1.54, 1.807) is 18.5 Å². The molecule has 7 heteroatoms. The summed E-state index contributed by atoms with van der Waals surface area (Å²) in [7, 11) is 0. The van der Waals surface area contributed by atoms with Crippen molar-refractivity contribution in [2.45, 2.75) is 18.9 Å². The molecule has 3 N–H and O–H groups in total. The number of carbonyl (C=O) groups excluding carboxylic acids is 1. The fourth-order valence-electron chi connectivity index (χ4n) is 3.48. The molecule has 2 atom stereocenters. The molecule has 0 spiro atoms. The van der Waals surface area contributed by atoms with Gasteiger partial charge < -0.3 is 15.7 Å². The van der Waals surface area contributed by atoms with E-state index in [-0.39, 0.29) is 0 Å². The van der Waals surface area contributed by atoms with Crippen LogP contribution in [0.25, 0.3) is 11.0 Å². The van der Waals surface area contributed by atoms with Gasteiger partial charge in [0.2, 0.25) is 5.91 Å². The van der Waals surface area contributed by atoms with Crippen molar-refractivity contribution >= 4 is 16.9 Å². The molecule has 0 unspecified atom stereocenters. The summed E-state index contributed by atoms with van der Waals surface area (Å²) >= 11 is 0. The van der Waals surface area contributed by atoms with Crippen LogP contribution in [-0.4, -0.2) is 40.7 Å². The van der Waals surface area contributed by atoms with E-state index in [0.717, 1.165) is 12.1 Å². The summed E-state index contributed by atoms with van der Waals surface area (Å²) in [5.74, 6) is -0.104. The Hall–Kier alpha value is -2.56. The minimum Gasteiger partial charge on any atom is -0.387 e. The highest BCUT2D eigenvalue weighted by Crippen LogP contribution is 2.35. The first kappa shape index (κ1) is 16.3. The number of piperidine rings is 1. The SMILES string of the molecule is C[C@@H]1CNC[C@](NC(=O)CO)(c2ccc(C#N)c3nccnc23)C1. The fourth-order valence-corrected chi connectivity index (χ4v) is 3.48. The summed E-state index contributed by atoms with van der Waals surface area (Å²) in [5, 5.41) is 24.8. The molecule has 1 fully saturated rings. The molecular weight excluding hydrogens is 306 g/mol. The first-order chi connectivity index (χ1) is 11.6. The van der Waals surface area contributed by atoms with Crippen LogP contribution < -0.4 is 10.6 Å². The molecule has 1 aromatic carbocycles. The second-order valence-electron chi connectivity index (χ2n) is 6.25. The van der Waals surface area contributed by atoms with Crippen LogP contribution in [0.3, 0.4) is 0 Å². The lowest BCUT2D eigenvalue weighted by Gasteiger charge is -2.41. The number of aliphatic hydroxyl groups is 1. The molecule has 1 saturated heterocycles. The zero-order chi connectivity index (χ0) is 17.2. The predicted molar refractivity (Wildman–Crippen MR) is 87.8 cm³/mol. The van der Waals surface area contributed by atoms with Crippen molar-refractivity contribution in [2.75, 3.05) is 19.7 Å². The van der Waals surface area contributed by atoms with Crippen LogP contribution in [0.5, 0.6) is 0 Å². The van der Waals surface area contributed by atoms with Gasteiger partial charge >= 0.3 is 0 Å². The van der Waals surface area contributed by atoms with Gasteiger partial charge in [-0.1, -0.05) is 13.0 Å². The molecule has 24 heavy (non-hydrogen) atoms. The highest BCUT2D eigenvalue weighted by Gasteiger charge is 2.39. The average molecular weight is 325 g/mol. The number of hydrogen-bond donors (Lipinski definition) is 3. The molecule has 0 aliphatic carbocycles. The number of benzene rings is 1. The van der Waals surface area contributed by atoms with Crippen molar-refractivity contribution < 1.29 is 9.90 Å². The van der Waals surface area contributed by atoms with Gasteiger partial charge in [0.15, 0.2) is 0 Å². The monoisotopic (exact) mass is 325 g/mol. The lowest BCUT2D eigenvalue weighted by atomic mass is 9.78. The van der Waals surface area contributed by atoms with E-state index in [1.165, 1.54) is 0 Å². The maximum absolute atomic E-state index is 11.9. The minimum atomic E-state index is -0.695. The zero-order valence-corrected chi connectivity index (χ0v) is 13.4. The molecule has 1 amide bonds. The summed E-state index contributed by atoms with van der Waals surface area (Å²) in [5.41, 5.74) is 1.69. The van der Waals surface area contributed by atoms with Crippen LogP contribution in [0.2, 0.25) is 0 Å². The molecule has 0 radical (unpaired) electrons. The summed E-state index contributed by atoms with van der Waals surface area (Å²) < 4.78 is 0. The van der Waals surface area contributed by atoms with Crippen LogP contribution >= 0.6 is 0 Å². The van der Waals surface area contributed by atoms with E-state index in [1.807, 2.05) is 6.07 Å². The number of carbonyl (C=O) groups is 1. The minimum absolute atomic E-state index is 0.333. The van der Waals surface area contributed by atoms with E-state index in [4.69, 9.17) is 0 Å². The molecule has 0 bridgehead atoms. The van der Waals surface area contributed by atoms with Gasteiger partial charge in [-0.25, -0.2) is 0 Å². The van der Waals surface area contributed by atoms with Gasteiger partial charge in [0.05, 0.1) is 16.6 Å². The zero-order valence-electron chi connectivity index (χ0n) is 13.4. The van der Waals surface area contributed by atoms with E-state index in [9.17, 15) is 15.2 Å². The van der Waals surface area contributed by atoms with Gasteiger partial charge in [0, 0.05) is 24.5 Å².